The fraction of sp³-hybridized carbons (Fsp3) is 0.700. The molecule has 0 aromatic carbocycles. The van der Waals surface area contributed by atoms with Gasteiger partial charge in [0.1, 0.15) is 5.69 Å². The molecule has 0 bridgehead atoms. The zero-order valence-corrected chi connectivity index (χ0v) is 9.37. The molecule has 0 atom stereocenters. The molecule has 0 aliphatic carbocycles. The molecule has 0 radical (unpaired) electrons. The fourth-order valence-electron chi connectivity index (χ4n) is 1.27. The van der Waals surface area contributed by atoms with Gasteiger partial charge in [-0.1, -0.05) is 19.0 Å². The lowest BCUT2D eigenvalue weighted by Gasteiger charge is -2.07. The van der Waals surface area contributed by atoms with Crippen LogP contribution in [-0.2, 0) is 6.42 Å². The molecule has 1 aromatic rings. The summed E-state index contributed by atoms with van der Waals surface area (Å²) < 4.78 is 5.20. The van der Waals surface area contributed by atoms with Crippen molar-refractivity contribution in [2.75, 3.05) is 26.4 Å². The molecule has 0 unspecified atom stereocenters. The molecule has 14 heavy (non-hydrogen) atoms. The summed E-state index contributed by atoms with van der Waals surface area (Å²) in [5, 5.41) is 3.98. The van der Waals surface area contributed by atoms with Gasteiger partial charge in [-0.15, -0.1) is 0 Å². The second-order valence-electron chi connectivity index (χ2n) is 4.12. The van der Waals surface area contributed by atoms with E-state index in [-0.39, 0.29) is 0 Å². The number of hydrogen-bond acceptors (Lipinski definition) is 4. The van der Waals surface area contributed by atoms with Crippen LogP contribution in [0.4, 0.5) is 5.69 Å². The lowest BCUT2D eigenvalue weighted by Crippen LogP contribution is -2.15. The standard InChI is InChI=1S/C10H19N3O/c1-7(2)10-9(11)8(12-14-10)5-6-13(3)4/h7H,5-6,11H2,1-4H3. The molecule has 0 fully saturated rings. The van der Waals surface area contributed by atoms with Crippen molar-refractivity contribution in [2.45, 2.75) is 26.2 Å². The monoisotopic (exact) mass is 197 g/mol. The van der Waals surface area contributed by atoms with Gasteiger partial charge in [-0.2, -0.15) is 0 Å². The van der Waals surface area contributed by atoms with Gasteiger partial charge in [0.05, 0.1) is 5.69 Å². The van der Waals surface area contributed by atoms with Crippen LogP contribution in [0, 0.1) is 0 Å². The normalized spacial score (nSPS) is 11.6. The van der Waals surface area contributed by atoms with E-state index >= 15 is 0 Å². The minimum atomic E-state index is 0.301. The van der Waals surface area contributed by atoms with E-state index in [1.807, 2.05) is 27.9 Å². The Morgan fingerprint density at radius 1 is 1.43 bits per heavy atom. The van der Waals surface area contributed by atoms with Crippen LogP contribution in [0.5, 0.6) is 0 Å². The van der Waals surface area contributed by atoms with E-state index in [1.54, 1.807) is 0 Å². The molecular formula is C10H19N3O. The van der Waals surface area contributed by atoms with Crippen molar-refractivity contribution in [1.29, 1.82) is 0 Å². The van der Waals surface area contributed by atoms with Crippen molar-refractivity contribution < 1.29 is 4.52 Å². The highest BCUT2D eigenvalue weighted by Gasteiger charge is 2.15. The number of hydrogen-bond donors (Lipinski definition) is 1. The first-order valence-corrected chi connectivity index (χ1v) is 4.91. The number of rotatable bonds is 4. The SMILES string of the molecule is CC(C)c1onc(CCN(C)C)c1N. The smallest absolute Gasteiger partial charge is 0.162 e. The summed E-state index contributed by atoms with van der Waals surface area (Å²) in [5.74, 6) is 1.11. The van der Waals surface area contributed by atoms with Gasteiger partial charge in [0.25, 0.3) is 0 Å². The lowest BCUT2D eigenvalue weighted by atomic mass is 10.1. The van der Waals surface area contributed by atoms with Gasteiger partial charge in [-0.25, -0.2) is 0 Å². The maximum atomic E-state index is 5.92. The first-order valence-electron chi connectivity index (χ1n) is 4.91. The van der Waals surface area contributed by atoms with Gasteiger partial charge >= 0.3 is 0 Å². The van der Waals surface area contributed by atoms with E-state index in [4.69, 9.17) is 10.3 Å². The van der Waals surface area contributed by atoms with Crippen LogP contribution in [0.3, 0.4) is 0 Å². The molecule has 0 aliphatic rings. The lowest BCUT2D eigenvalue weighted by molar-refractivity contribution is 0.359. The third kappa shape index (κ3) is 2.48. The van der Waals surface area contributed by atoms with E-state index in [0.29, 0.717) is 5.92 Å². The number of aromatic nitrogens is 1. The van der Waals surface area contributed by atoms with E-state index in [1.165, 1.54) is 0 Å². The van der Waals surface area contributed by atoms with Gasteiger partial charge < -0.3 is 15.2 Å². The third-order valence-corrected chi connectivity index (χ3v) is 2.15. The van der Waals surface area contributed by atoms with Crippen molar-refractivity contribution in [2.24, 2.45) is 0 Å². The predicted octanol–water partition coefficient (Wildman–Crippen LogP) is 1.48. The van der Waals surface area contributed by atoms with E-state index in [2.05, 4.69) is 10.1 Å². The Bertz CT molecular complexity index is 292. The number of anilines is 1. The second-order valence-corrected chi connectivity index (χ2v) is 4.12. The van der Waals surface area contributed by atoms with Crippen LogP contribution in [0.15, 0.2) is 4.52 Å². The van der Waals surface area contributed by atoms with E-state index < -0.39 is 0 Å². The zero-order chi connectivity index (χ0) is 10.7. The molecule has 0 saturated carbocycles. The summed E-state index contributed by atoms with van der Waals surface area (Å²) in [5.41, 5.74) is 7.52. The largest absolute Gasteiger partial charge is 0.394 e. The average Bonchev–Trinajstić information content (AvgIpc) is 2.43. The summed E-state index contributed by atoms with van der Waals surface area (Å²) in [6.07, 6.45) is 0.842. The first-order chi connectivity index (χ1) is 6.52. The Kier molecular flexibility index (Phi) is 3.52. The molecule has 4 heteroatoms. The summed E-state index contributed by atoms with van der Waals surface area (Å²) in [6, 6.07) is 0. The minimum Gasteiger partial charge on any atom is -0.394 e. The maximum Gasteiger partial charge on any atom is 0.162 e. The average molecular weight is 197 g/mol. The second kappa shape index (κ2) is 4.46. The number of likely N-dealkylation sites (N-methyl/N-ethyl adjacent to an activating group) is 1. The van der Waals surface area contributed by atoms with Gasteiger partial charge in [0.15, 0.2) is 5.76 Å². The topological polar surface area (TPSA) is 55.3 Å². The fourth-order valence-corrected chi connectivity index (χ4v) is 1.27. The summed E-state index contributed by atoms with van der Waals surface area (Å²) >= 11 is 0. The summed E-state index contributed by atoms with van der Waals surface area (Å²) in [4.78, 5) is 2.10. The van der Waals surface area contributed by atoms with Crippen LogP contribution >= 0.6 is 0 Å². The van der Waals surface area contributed by atoms with Crippen LogP contribution in [-0.4, -0.2) is 30.7 Å². The molecule has 0 saturated heterocycles. The quantitative estimate of drug-likeness (QED) is 0.794. The first kappa shape index (κ1) is 11.0. The molecule has 0 spiro atoms. The Balaban J connectivity index is 2.70. The Morgan fingerprint density at radius 3 is 2.50 bits per heavy atom. The molecule has 0 amide bonds. The summed E-state index contributed by atoms with van der Waals surface area (Å²) in [7, 11) is 4.05. The van der Waals surface area contributed by atoms with Crippen molar-refractivity contribution in [3.05, 3.63) is 11.5 Å². The summed E-state index contributed by atoms with van der Waals surface area (Å²) in [6.45, 7) is 5.04. The Hall–Kier alpha value is -1.03. The van der Waals surface area contributed by atoms with Crippen molar-refractivity contribution in [1.82, 2.24) is 10.1 Å². The van der Waals surface area contributed by atoms with Crippen molar-refractivity contribution >= 4 is 5.69 Å². The molecule has 1 heterocycles. The highest BCUT2D eigenvalue weighted by Crippen LogP contribution is 2.24. The van der Waals surface area contributed by atoms with Crippen LogP contribution in [0.1, 0.15) is 31.2 Å². The molecule has 80 valence electrons. The van der Waals surface area contributed by atoms with Gasteiger partial charge in [0.2, 0.25) is 0 Å². The Morgan fingerprint density at radius 2 is 2.07 bits per heavy atom. The number of nitrogens with zero attached hydrogens (tertiary/aromatic N) is 2. The van der Waals surface area contributed by atoms with Crippen molar-refractivity contribution in [3.63, 3.8) is 0 Å². The Labute approximate surface area is 85.1 Å². The highest BCUT2D eigenvalue weighted by atomic mass is 16.5. The molecule has 4 nitrogen and oxygen atoms in total. The molecule has 1 aromatic heterocycles. The van der Waals surface area contributed by atoms with Crippen LogP contribution < -0.4 is 5.73 Å². The number of nitrogen functional groups attached to an aromatic ring is 1. The predicted molar refractivity (Wildman–Crippen MR) is 57.3 cm³/mol. The molecule has 1 rings (SSSR count). The minimum absolute atomic E-state index is 0.301. The van der Waals surface area contributed by atoms with E-state index in [0.717, 1.165) is 30.1 Å². The van der Waals surface area contributed by atoms with Gasteiger partial charge in [0, 0.05) is 18.9 Å². The van der Waals surface area contributed by atoms with Crippen LogP contribution in [0.25, 0.3) is 0 Å². The highest BCUT2D eigenvalue weighted by molar-refractivity contribution is 5.47. The van der Waals surface area contributed by atoms with Gasteiger partial charge in [-0.3, -0.25) is 0 Å². The van der Waals surface area contributed by atoms with Crippen molar-refractivity contribution in [3.8, 4) is 0 Å². The molecule has 2 N–H and O–H groups in total. The molecule has 0 aliphatic heterocycles. The van der Waals surface area contributed by atoms with Crippen LogP contribution in [0.2, 0.25) is 0 Å². The third-order valence-electron chi connectivity index (χ3n) is 2.15. The maximum absolute atomic E-state index is 5.92. The number of nitrogens with two attached hydrogens (primary N) is 1. The van der Waals surface area contributed by atoms with Gasteiger partial charge in [-0.05, 0) is 14.1 Å². The van der Waals surface area contributed by atoms with E-state index in [9.17, 15) is 0 Å². The zero-order valence-electron chi connectivity index (χ0n) is 9.37. The molecular weight excluding hydrogens is 178 g/mol.